The largest absolute Gasteiger partial charge is 0.468 e. The van der Waals surface area contributed by atoms with Gasteiger partial charge in [0.15, 0.2) is 6.79 Å². The lowest BCUT2D eigenvalue weighted by molar-refractivity contribution is -0.0402. The van der Waals surface area contributed by atoms with Crippen molar-refractivity contribution in [3.05, 3.63) is 25.0 Å². The molecule has 0 aromatic rings. The van der Waals surface area contributed by atoms with Gasteiger partial charge in [-0.25, -0.2) is 0 Å². The molecule has 114 valence electrons. The molecule has 2 nitrogen and oxygen atoms in total. The van der Waals surface area contributed by atoms with E-state index in [-0.39, 0.29) is 0 Å². The van der Waals surface area contributed by atoms with E-state index in [1.165, 1.54) is 57.8 Å². The molecule has 20 heavy (non-hydrogen) atoms. The van der Waals surface area contributed by atoms with E-state index >= 15 is 0 Å². The maximum absolute atomic E-state index is 5.60. The highest BCUT2D eigenvalue weighted by molar-refractivity contribution is 5.01. The van der Waals surface area contributed by atoms with Gasteiger partial charge in [-0.3, -0.25) is 0 Å². The van der Waals surface area contributed by atoms with Crippen LogP contribution in [0.2, 0.25) is 0 Å². The number of hydrogen-bond acceptors (Lipinski definition) is 2. The third-order valence-corrected chi connectivity index (χ3v) is 5.12. The Morgan fingerprint density at radius 1 is 0.950 bits per heavy atom. The zero-order chi connectivity index (χ0) is 14.2. The Bertz CT molecular complexity index is 297. The van der Waals surface area contributed by atoms with Gasteiger partial charge in [0, 0.05) is 0 Å². The number of ether oxygens (including phenoxy) is 2. The Morgan fingerprint density at radius 3 is 2.25 bits per heavy atom. The third kappa shape index (κ3) is 4.97. The Morgan fingerprint density at radius 2 is 1.60 bits per heavy atom. The van der Waals surface area contributed by atoms with E-state index < -0.39 is 0 Å². The monoisotopic (exact) mass is 278 g/mol. The van der Waals surface area contributed by atoms with Crippen LogP contribution in [0.4, 0.5) is 0 Å². The SMILES string of the molecule is C=CC(=C)OCOCC1CCC(C2CCCCC2)CC1. The summed E-state index contributed by atoms with van der Waals surface area (Å²) in [6, 6.07) is 0. The van der Waals surface area contributed by atoms with Crippen molar-refractivity contribution in [1.29, 1.82) is 0 Å². The third-order valence-electron chi connectivity index (χ3n) is 5.12. The topological polar surface area (TPSA) is 18.5 Å². The summed E-state index contributed by atoms with van der Waals surface area (Å²) in [5, 5.41) is 0. The second kappa shape index (κ2) is 8.51. The molecule has 0 aromatic heterocycles. The van der Waals surface area contributed by atoms with Crippen LogP contribution in [-0.2, 0) is 9.47 Å². The molecule has 0 aliphatic heterocycles. The van der Waals surface area contributed by atoms with Gasteiger partial charge >= 0.3 is 0 Å². The van der Waals surface area contributed by atoms with Gasteiger partial charge in [-0.1, -0.05) is 45.3 Å². The minimum absolute atomic E-state index is 0.313. The van der Waals surface area contributed by atoms with E-state index in [4.69, 9.17) is 9.47 Å². The molecule has 0 N–H and O–H groups in total. The molecule has 0 spiro atoms. The summed E-state index contributed by atoms with van der Waals surface area (Å²) >= 11 is 0. The lowest BCUT2D eigenvalue weighted by atomic mass is 9.71. The normalized spacial score (nSPS) is 28.0. The predicted molar refractivity (Wildman–Crippen MR) is 83.3 cm³/mol. The molecular formula is C18H30O2. The summed E-state index contributed by atoms with van der Waals surface area (Å²) in [6.45, 7) is 8.45. The maximum atomic E-state index is 5.60. The molecule has 0 heterocycles. The molecule has 2 saturated carbocycles. The first-order chi connectivity index (χ1) is 9.79. The van der Waals surface area contributed by atoms with Crippen LogP contribution in [0.1, 0.15) is 57.8 Å². The van der Waals surface area contributed by atoms with Crippen molar-refractivity contribution in [1.82, 2.24) is 0 Å². The van der Waals surface area contributed by atoms with Crippen molar-refractivity contribution in [2.24, 2.45) is 17.8 Å². The molecule has 2 fully saturated rings. The highest BCUT2D eigenvalue weighted by atomic mass is 16.7. The average Bonchev–Trinajstić information content (AvgIpc) is 2.52. The molecule has 0 radical (unpaired) electrons. The summed E-state index contributed by atoms with van der Waals surface area (Å²) in [5.74, 6) is 3.36. The fourth-order valence-electron chi connectivity index (χ4n) is 3.82. The molecule has 0 bridgehead atoms. The van der Waals surface area contributed by atoms with Crippen LogP contribution in [0, 0.1) is 17.8 Å². The van der Waals surface area contributed by atoms with E-state index in [0.717, 1.165) is 24.4 Å². The standard InChI is InChI=1S/C18H30O2/c1-3-15(2)20-14-19-13-16-9-11-18(12-10-16)17-7-5-4-6-8-17/h3,16-18H,1-2,4-14H2. The van der Waals surface area contributed by atoms with Crippen molar-refractivity contribution >= 4 is 0 Å². The molecule has 0 aromatic carbocycles. The van der Waals surface area contributed by atoms with Crippen molar-refractivity contribution in [3.8, 4) is 0 Å². The first-order valence-electron chi connectivity index (χ1n) is 8.31. The van der Waals surface area contributed by atoms with Crippen LogP contribution in [0.15, 0.2) is 25.0 Å². The molecule has 0 unspecified atom stereocenters. The second-order valence-corrected chi connectivity index (χ2v) is 6.48. The van der Waals surface area contributed by atoms with Gasteiger partial charge < -0.3 is 9.47 Å². The number of hydrogen-bond donors (Lipinski definition) is 0. The first-order valence-corrected chi connectivity index (χ1v) is 8.31. The van der Waals surface area contributed by atoms with Crippen LogP contribution in [0.5, 0.6) is 0 Å². The molecule has 2 heteroatoms. The Labute approximate surface area is 124 Å². The summed E-state index contributed by atoms with van der Waals surface area (Å²) < 4.78 is 10.9. The minimum atomic E-state index is 0.313. The Kier molecular flexibility index (Phi) is 6.65. The van der Waals surface area contributed by atoms with Gasteiger partial charge in [-0.05, 0) is 49.5 Å². The fraction of sp³-hybridized carbons (Fsp3) is 0.778. The van der Waals surface area contributed by atoms with E-state index in [9.17, 15) is 0 Å². The number of rotatable bonds is 7. The van der Waals surface area contributed by atoms with E-state index in [1.807, 2.05) is 0 Å². The Balaban J connectivity index is 1.57. The lowest BCUT2D eigenvalue weighted by Crippen LogP contribution is -2.25. The molecule has 0 amide bonds. The molecule has 2 aliphatic rings. The van der Waals surface area contributed by atoms with Crippen molar-refractivity contribution in [2.75, 3.05) is 13.4 Å². The average molecular weight is 278 g/mol. The van der Waals surface area contributed by atoms with Crippen LogP contribution >= 0.6 is 0 Å². The van der Waals surface area contributed by atoms with E-state index in [0.29, 0.717) is 12.6 Å². The maximum Gasteiger partial charge on any atom is 0.189 e. The van der Waals surface area contributed by atoms with Crippen LogP contribution in [0.3, 0.4) is 0 Å². The predicted octanol–water partition coefficient (Wildman–Crippen LogP) is 5.06. The molecule has 0 saturated heterocycles. The van der Waals surface area contributed by atoms with Crippen LogP contribution < -0.4 is 0 Å². The summed E-state index contributed by atoms with van der Waals surface area (Å²) in [5.41, 5.74) is 0. The zero-order valence-electron chi connectivity index (χ0n) is 12.8. The highest BCUT2D eigenvalue weighted by Crippen LogP contribution is 2.39. The summed E-state index contributed by atoms with van der Waals surface area (Å²) in [4.78, 5) is 0. The molecule has 2 rings (SSSR count). The van der Waals surface area contributed by atoms with Gasteiger partial charge in [0.1, 0.15) is 5.76 Å². The second-order valence-electron chi connectivity index (χ2n) is 6.48. The van der Waals surface area contributed by atoms with Crippen molar-refractivity contribution < 1.29 is 9.47 Å². The first kappa shape index (κ1) is 15.6. The highest BCUT2D eigenvalue weighted by Gasteiger charge is 2.28. The van der Waals surface area contributed by atoms with Gasteiger partial charge in [-0.2, -0.15) is 0 Å². The lowest BCUT2D eigenvalue weighted by Gasteiger charge is -2.35. The van der Waals surface area contributed by atoms with Crippen LogP contribution in [0.25, 0.3) is 0 Å². The van der Waals surface area contributed by atoms with Crippen molar-refractivity contribution in [2.45, 2.75) is 57.8 Å². The van der Waals surface area contributed by atoms with Gasteiger partial charge in [0.05, 0.1) is 6.61 Å². The van der Waals surface area contributed by atoms with E-state index in [2.05, 4.69) is 13.2 Å². The Hall–Kier alpha value is -0.760. The number of allylic oxidation sites excluding steroid dienone is 1. The van der Waals surface area contributed by atoms with Gasteiger partial charge in [0.25, 0.3) is 0 Å². The minimum Gasteiger partial charge on any atom is -0.468 e. The van der Waals surface area contributed by atoms with Crippen molar-refractivity contribution in [3.63, 3.8) is 0 Å². The smallest absolute Gasteiger partial charge is 0.189 e. The molecule has 2 aliphatic carbocycles. The zero-order valence-corrected chi connectivity index (χ0v) is 12.8. The summed E-state index contributed by atoms with van der Waals surface area (Å²) in [6.07, 6.45) is 14.5. The fourth-order valence-corrected chi connectivity index (χ4v) is 3.82. The van der Waals surface area contributed by atoms with E-state index in [1.54, 1.807) is 6.08 Å². The van der Waals surface area contributed by atoms with Crippen LogP contribution in [-0.4, -0.2) is 13.4 Å². The molecule has 0 atom stereocenters. The summed E-state index contributed by atoms with van der Waals surface area (Å²) in [7, 11) is 0. The van der Waals surface area contributed by atoms with Gasteiger partial charge in [0.2, 0.25) is 0 Å². The molecular weight excluding hydrogens is 248 g/mol. The quantitative estimate of drug-likeness (QED) is 0.280. The van der Waals surface area contributed by atoms with Gasteiger partial charge in [-0.15, -0.1) is 0 Å².